The average molecular weight is 349 g/mol. The molecule has 1 rings (SSSR count). The van der Waals surface area contributed by atoms with Gasteiger partial charge in [0.25, 0.3) is 0 Å². The van der Waals surface area contributed by atoms with Crippen LogP contribution in [0, 0.1) is 0 Å². The minimum Gasteiger partial charge on any atom is -0.435 e. The number of amides is 1. The van der Waals surface area contributed by atoms with Gasteiger partial charge in [0.1, 0.15) is 11.0 Å². The van der Waals surface area contributed by atoms with Gasteiger partial charge in [-0.05, 0) is 38.0 Å². The summed E-state index contributed by atoms with van der Waals surface area (Å²) < 4.78 is 52.2. The summed E-state index contributed by atoms with van der Waals surface area (Å²) in [7, 11) is -3.47. The third-order valence-electron chi connectivity index (χ3n) is 3.36. The lowest BCUT2D eigenvalue weighted by Gasteiger charge is -2.18. The molecule has 8 heteroatoms. The Hall–Kier alpha value is -1.70. The Bertz CT molecular complexity index is 617. The van der Waals surface area contributed by atoms with Gasteiger partial charge in [-0.25, -0.2) is 8.42 Å². The van der Waals surface area contributed by atoms with E-state index in [4.69, 9.17) is 0 Å². The summed E-state index contributed by atoms with van der Waals surface area (Å²) in [5.41, 5.74) is 0.653. The molecular formula is C15H21F2NO4S. The molecule has 0 heterocycles. The smallest absolute Gasteiger partial charge is 0.387 e. The van der Waals surface area contributed by atoms with Crippen molar-refractivity contribution in [2.24, 2.45) is 0 Å². The standard InChI is InChI=1S/C15H21F2NO4S/c1-4-9-23(20,21)11(3)14(19)18-10(2)12-5-7-13(8-6-12)22-15(16)17/h5-8,10-11,15H,4,9H2,1-3H3,(H,18,19). The third-order valence-corrected chi connectivity index (χ3v) is 5.63. The number of carbonyl (C=O) groups is 1. The van der Waals surface area contributed by atoms with Gasteiger partial charge in [0, 0.05) is 0 Å². The second-order valence-electron chi connectivity index (χ2n) is 5.19. The van der Waals surface area contributed by atoms with Crippen LogP contribution in [0.5, 0.6) is 5.75 Å². The predicted octanol–water partition coefficient (Wildman–Crippen LogP) is 2.68. The molecule has 0 spiro atoms. The van der Waals surface area contributed by atoms with Gasteiger partial charge < -0.3 is 10.1 Å². The van der Waals surface area contributed by atoms with Crippen molar-refractivity contribution >= 4 is 15.7 Å². The van der Waals surface area contributed by atoms with E-state index in [2.05, 4.69) is 10.1 Å². The number of ether oxygens (including phenoxy) is 1. The van der Waals surface area contributed by atoms with Gasteiger partial charge >= 0.3 is 6.61 Å². The minimum absolute atomic E-state index is 0.0150. The average Bonchev–Trinajstić information content (AvgIpc) is 2.46. The maximum atomic E-state index is 12.1. The Labute approximate surface area is 134 Å². The zero-order valence-corrected chi connectivity index (χ0v) is 14.1. The number of rotatable bonds is 8. The fourth-order valence-electron chi connectivity index (χ4n) is 1.98. The van der Waals surface area contributed by atoms with E-state index in [0.717, 1.165) is 0 Å². The number of benzene rings is 1. The Morgan fingerprint density at radius 2 is 1.78 bits per heavy atom. The van der Waals surface area contributed by atoms with E-state index < -0.39 is 33.6 Å². The lowest BCUT2D eigenvalue weighted by atomic mass is 10.1. The lowest BCUT2D eigenvalue weighted by Crippen LogP contribution is -2.40. The third kappa shape index (κ3) is 5.78. The zero-order valence-electron chi connectivity index (χ0n) is 13.3. The molecule has 1 aromatic carbocycles. The van der Waals surface area contributed by atoms with Crippen LogP contribution in [0.15, 0.2) is 24.3 Å². The number of nitrogens with one attached hydrogen (secondary N) is 1. The summed E-state index contributed by atoms with van der Waals surface area (Å²) in [6.45, 7) is 1.86. The summed E-state index contributed by atoms with van der Waals surface area (Å²) in [6, 6.07) is 5.34. The summed E-state index contributed by atoms with van der Waals surface area (Å²) in [6.07, 6.45) is 0.446. The van der Waals surface area contributed by atoms with E-state index in [9.17, 15) is 22.0 Å². The molecule has 0 aromatic heterocycles. The van der Waals surface area contributed by atoms with Crippen molar-refractivity contribution in [2.75, 3.05) is 5.75 Å². The Balaban J connectivity index is 2.71. The molecule has 0 radical (unpaired) electrons. The molecule has 2 unspecified atom stereocenters. The molecule has 0 bridgehead atoms. The largest absolute Gasteiger partial charge is 0.435 e. The van der Waals surface area contributed by atoms with Crippen molar-refractivity contribution in [3.05, 3.63) is 29.8 Å². The molecule has 0 fully saturated rings. The fourth-order valence-corrected chi connectivity index (χ4v) is 3.29. The summed E-state index contributed by atoms with van der Waals surface area (Å²) in [5, 5.41) is 1.48. The number of sulfone groups is 1. The second-order valence-corrected chi connectivity index (χ2v) is 7.63. The number of hydrogen-bond donors (Lipinski definition) is 1. The van der Waals surface area contributed by atoms with Crippen molar-refractivity contribution in [3.63, 3.8) is 0 Å². The monoisotopic (exact) mass is 349 g/mol. The molecule has 23 heavy (non-hydrogen) atoms. The number of hydrogen-bond acceptors (Lipinski definition) is 4. The predicted molar refractivity (Wildman–Crippen MR) is 83.2 cm³/mol. The van der Waals surface area contributed by atoms with Crippen molar-refractivity contribution < 1.29 is 26.7 Å². The van der Waals surface area contributed by atoms with Crippen LogP contribution in [0.4, 0.5) is 8.78 Å². The van der Waals surface area contributed by atoms with E-state index in [1.54, 1.807) is 13.8 Å². The van der Waals surface area contributed by atoms with E-state index in [1.165, 1.54) is 31.2 Å². The molecule has 0 aliphatic heterocycles. The Morgan fingerprint density at radius 1 is 1.22 bits per heavy atom. The molecule has 0 saturated carbocycles. The molecule has 1 amide bonds. The SMILES string of the molecule is CCCS(=O)(=O)C(C)C(=O)NC(C)c1ccc(OC(F)F)cc1. The first kappa shape index (κ1) is 19.3. The van der Waals surface area contributed by atoms with Gasteiger partial charge in [0.05, 0.1) is 11.8 Å². The van der Waals surface area contributed by atoms with Gasteiger partial charge in [-0.1, -0.05) is 19.1 Å². The van der Waals surface area contributed by atoms with Gasteiger partial charge in [-0.3, -0.25) is 4.79 Å². The zero-order chi connectivity index (χ0) is 17.6. The molecule has 0 saturated heterocycles. The molecule has 2 atom stereocenters. The highest BCUT2D eigenvalue weighted by Crippen LogP contribution is 2.19. The number of carbonyl (C=O) groups excluding carboxylic acids is 1. The van der Waals surface area contributed by atoms with E-state index in [1.807, 2.05) is 0 Å². The van der Waals surface area contributed by atoms with Crippen LogP contribution in [0.3, 0.4) is 0 Å². The maximum absolute atomic E-state index is 12.1. The first-order valence-electron chi connectivity index (χ1n) is 7.24. The molecule has 0 aliphatic rings. The van der Waals surface area contributed by atoms with Gasteiger partial charge in [-0.15, -0.1) is 0 Å². The molecule has 5 nitrogen and oxygen atoms in total. The van der Waals surface area contributed by atoms with Crippen molar-refractivity contribution in [2.45, 2.75) is 45.1 Å². The first-order valence-corrected chi connectivity index (χ1v) is 8.95. The summed E-state index contributed by atoms with van der Waals surface area (Å²) >= 11 is 0. The van der Waals surface area contributed by atoms with Crippen molar-refractivity contribution in [1.82, 2.24) is 5.32 Å². The molecule has 0 aliphatic carbocycles. The van der Waals surface area contributed by atoms with Crippen LogP contribution in [0.2, 0.25) is 0 Å². The highest BCUT2D eigenvalue weighted by Gasteiger charge is 2.28. The number of halogens is 2. The maximum Gasteiger partial charge on any atom is 0.387 e. The highest BCUT2D eigenvalue weighted by molar-refractivity contribution is 7.92. The van der Waals surface area contributed by atoms with E-state index in [-0.39, 0.29) is 11.5 Å². The van der Waals surface area contributed by atoms with Crippen LogP contribution >= 0.6 is 0 Å². The molecular weight excluding hydrogens is 328 g/mol. The molecule has 1 aromatic rings. The van der Waals surface area contributed by atoms with Crippen LogP contribution in [0.25, 0.3) is 0 Å². The minimum atomic E-state index is -3.47. The lowest BCUT2D eigenvalue weighted by molar-refractivity contribution is -0.121. The molecule has 1 N–H and O–H groups in total. The second kappa shape index (κ2) is 8.24. The van der Waals surface area contributed by atoms with Crippen LogP contribution in [-0.2, 0) is 14.6 Å². The van der Waals surface area contributed by atoms with E-state index >= 15 is 0 Å². The first-order chi connectivity index (χ1) is 10.7. The quantitative estimate of drug-likeness (QED) is 0.783. The van der Waals surface area contributed by atoms with Gasteiger partial charge in [0.15, 0.2) is 9.84 Å². The fraction of sp³-hybridized carbons (Fsp3) is 0.533. The Morgan fingerprint density at radius 3 is 2.26 bits per heavy atom. The topological polar surface area (TPSA) is 72.5 Å². The van der Waals surface area contributed by atoms with Crippen molar-refractivity contribution in [1.29, 1.82) is 0 Å². The van der Waals surface area contributed by atoms with Gasteiger partial charge in [0.2, 0.25) is 5.91 Å². The van der Waals surface area contributed by atoms with Crippen molar-refractivity contribution in [3.8, 4) is 5.75 Å². The van der Waals surface area contributed by atoms with Gasteiger partial charge in [-0.2, -0.15) is 8.78 Å². The summed E-state index contributed by atoms with van der Waals surface area (Å²) in [4.78, 5) is 12.0. The molecule has 130 valence electrons. The van der Waals surface area contributed by atoms with E-state index in [0.29, 0.717) is 12.0 Å². The number of alkyl halides is 2. The van der Waals surface area contributed by atoms with Crippen LogP contribution in [0.1, 0.15) is 38.8 Å². The highest BCUT2D eigenvalue weighted by atomic mass is 32.2. The summed E-state index contributed by atoms with van der Waals surface area (Å²) in [5.74, 6) is -0.615. The van der Waals surface area contributed by atoms with Crippen LogP contribution in [-0.4, -0.2) is 31.9 Å². The van der Waals surface area contributed by atoms with Crippen LogP contribution < -0.4 is 10.1 Å². The Kier molecular flexibility index (Phi) is 6.93. The normalized spacial score (nSPS) is 14.3.